The highest BCUT2D eigenvalue weighted by Gasteiger charge is 2.12. The number of fused-ring (bicyclic) bond motifs is 1. The second kappa shape index (κ2) is 7.44. The van der Waals surface area contributed by atoms with Gasteiger partial charge in [-0.05, 0) is 50.1 Å². The third-order valence-electron chi connectivity index (χ3n) is 4.27. The van der Waals surface area contributed by atoms with E-state index in [9.17, 15) is 9.59 Å². The van der Waals surface area contributed by atoms with E-state index in [2.05, 4.69) is 5.32 Å². The molecule has 0 bridgehead atoms. The Morgan fingerprint density at radius 2 is 1.85 bits per heavy atom. The Balaban J connectivity index is 1.76. The van der Waals surface area contributed by atoms with E-state index in [-0.39, 0.29) is 18.1 Å². The minimum absolute atomic E-state index is 0.127. The molecule has 0 atom stereocenters. The molecule has 3 aromatic rings. The summed E-state index contributed by atoms with van der Waals surface area (Å²) in [5.74, 6) is 0.269. The second-order valence-electron chi connectivity index (χ2n) is 6.21. The summed E-state index contributed by atoms with van der Waals surface area (Å²) in [6, 6.07) is 12.7. The zero-order valence-electron chi connectivity index (χ0n) is 15.1. The lowest BCUT2D eigenvalue weighted by molar-refractivity contribution is -0.118. The highest BCUT2D eigenvalue weighted by atomic mass is 16.5. The lowest BCUT2D eigenvalue weighted by Gasteiger charge is -2.12. The first kappa shape index (κ1) is 17.7. The number of aryl methyl sites for hydroxylation is 3. The average Bonchev–Trinajstić information content (AvgIpc) is 2.63. The fourth-order valence-electron chi connectivity index (χ4n) is 2.83. The van der Waals surface area contributed by atoms with Gasteiger partial charge in [0.2, 0.25) is 0 Å². The number of rotatable bonds is 5. The van der Waals surface area contributed by atoms with Crippen molar-refractivity contribution in [2.45, 2.75) is 27.2 Å². The fraction of sp³-hybridized carbons (Fsp3) is 0.238. The van der Waals surface area contributed by atoms with Crippen LogP contribution in [0.1, 0.15) is 23.6 Å². The maximum Gasteiger partial charge on any atom is 0.336 e. The molecular weight excluding hydrogens is 330 g/mol. The van der Waals surface area contributed by atoms with Crippen molar-refractivity contribution in [2.24, 2.45) is 0 Å². The summed E-state index contributed by atoms with van der Waals surface area (Å²) in [4.78, 5) is 23.8. The third kappa shape index (κ3) is 3.77. The van der Waals surface area contributed by atoms with Crippen molar-refractivity contribution < 1.29 is 13.9 Å². The molecule has 0 saturated carbocycles. The summed E-state index contributed by atoms with van der Waals surface area (Å²) >= 11 is 0. The summed E-state index contributed by atoms with van der Waals surface area (Å²) in [6.45, 7) is 5.67. The van der Waals surface area contributed by atoms with Crippen LogP contribution in [0.2, 0.25) is 0 Å². The molecule has 1 amide bonds. The summed E-state index contributed by atoms with van der Waals surface area (Å²) in [7, 11) is 0. The highest BCUT2D eigenvalue weighted by molar-refractivity contribution is 5.92. The van der Waals surface area contributed by atoms with E-state index in [4.69, 9.17) is 9.15 Å². The number of hydrogen-bond donors (Lipinski definition) is 1. The Hall–Kier alpha value is -3.08. The van der Waals surface area contributed by atoms with Gasteiger partial charge in [-0.3, -0.25) is 4.79 Å². The summed E-state index contributed by atoms with van der Waals surface area (Å²) in [5, 5.41) is 3.68. The van der Waals surface area contributed by atoms with E-state index in [1.54, 1.807) is 6.07 Å². The van der Waals surface area contributed by atoms with Crippen LogP contribution >= 0.6 is 0 Å². The van der Waals surface area contributed by atoms with Crippen LogP contribution in [0.5, 0.6) is 5.75 Å². The van der Waals surface area contributed by atoms with Gasteiger partial charge >= 0.3 is 5.63 Å². The van der Waals surface area contributed by atoms with Gasteiger partial charge in [-0.1, -0.05) is 24.6 Å². The molecular formula is C21H21NO4. The molecule has 5 heteroatoms. The first-order valence-corrected chi connectivity index (χ1v) is 8.53. The minimum Gasteiger partial charge on any atom is -0.483 e. The molecule has 0 radical (unpaired) electrons. The van der Waals surface area contributed by atoms with Crippen molar-refractivity contribution in [3.63, 3.8) is 0 Å². The molecule has 0 aliphatic rings. The lowest BCUT2D eigenvalue weighted by atomic mass is 10.0. The molecule has 26 heavy (non-hydrogen) atoms. The quantitative estimate of drug-likeness (QED) is 0.706. The van der Waals surface area contributed by atoms with Gasteiger partial charge in [0.1, 0.15) is 11.3 Å². The molecule has 0 fully saturated rings. The van der Waals surface area contributed by atoms with E-state index < -0.39 is 0 Å². The number of amides is 1. The largest absolute Gasteiger partial charge is 0.483 e. The molecule has 2 aromatic carbocycles. The molecule has 1 aromatic heterocycles. The Bertz CT molecular complexity index is 1000. The fourth-order valence-corrected chi connectivity index (χ4v) is 2.83. The topological polar surface area (TPSA) is 68.5 Å². The van der Waals surface area contributed by atoms with E-state index in [0.717, 1.165) is 28.6 Å². The van der Waals surface area contributed by atoms with Gasteiger partial charge in [0.15, 0.2) is 6.61 Å². The number of ether oxygens (including phenoxy) is 1. The molecule has 0 aliphatic heterocycles. The second-order valence-corrected chi connectivity index (χ2v) is 6.21. The van der Waals surface area contributed by atoms with Gasteiger partial charge < -0.3 is 14.5 Å². The van der Waals surface area contributed by atoms with Gasteiger partial charge in [-0.25, -0.2) is 4.79 Å². The van der Waals surface area contributed by atoms with Crippen LogP contribution in [0.4, 0.5) is 5.69 Å². The minimum atomic E-state index is -0.383. The number of carbonyl (C=O) groups is 1. The maximum atomic E-state index is 12.1. The van der Waals surface area contributed by atoms with Crippen molar-refractivity contribution >= 4 is 22.6 Å². The number of anilines is 1. The summed E-state index contributed by atoms with van der Waals surface area (Å²) in [5.41, 5.74) is 3.61. The Kier molecular flexibility index (Phi) is 5.07. The highest BCUT2D eigenvalue weighted by Crippen LogP contribution is 2.28. The van der Waals surface area contributed by atoms with Gasteiger partial charge in [0.05, 0.1) is 0 Å². The SMILES string of the molecule is CCc1cc(=O)oc2c(C)c(OCC(=O)Nc3ccc(C)cc3)ccc12. The molecule has 0 saturated heterocycles. The Morgan fingerprint density at radius 1 is 1.12 bits per heavy atom. The number of nitrogens with one attached hydrogen (secondary N) is 1. The van der Waals surface area contributed by atoms with Crippen LogP contribution in [-0.4, -0.2) is 12.5 Å². The van der Waals surface area contributed by atoms with E-state index >= 15 is 0 Å². The molecule has 5 nitrogen and oxygen atoms in total. The zero-order valence-corrected chi connectivity index (χ0v) is 15.1. The molecule has 1 N–H and O–H groups in total. The van der Waals surface area contributed by atoms with Crippen LogP contribution in [-0.2, 0) is 11.2 Å². The van der Waals surface area contributed by atoms with E-state index in [1.165, 1.54) is 6.07 Å². The van der Waals surface area contributed by atoms with Gasteiger partial charge in [-0.15, -0.1) is 0 Å². The lowest BCUT2D eigenvalue weighted by Crippen LogP contribution is -2.20. The van der Waals surface area contributed by atoms with Crippen LogP contribution in [0.25, 0.3) is 11.0 Å². The summed E-state index contributed by atoms with van der Waals surface area (Å²) in [6.07, 6.45) is 0.737. The van der Waals surface area contributed by atoms with Gasteiger partial charge in [-0.2, -0.15) is 0 Å². The molecule has 134 valence electrons. The molecule has 3 rings (SSSR count). The first-order chi connectivity index (χ1) is 12.5. The predicted molar refractivity (Wildman–Crippen MR) is 102 cm³/mol. The van der Waals surface area contributed by atoms with Gasteiger partial charge in [0, 0.05) is 22.7 Å². The van der Waals surface area contributed by atoms with Gasteiger partial charge in [0.25, 0.3) is 5.91 Å². The average molecular weight is 351 g/mol. The van der Waals surface area contributed by atoms with Crippen LogP contribution in [0, 0.1) is 13.8 Å². The van der Waals surface area contributed by atoms with Crippen molar-refractivity contribution in [2.75, 3.05) is 11.9 Å². The molecule has 0 unspecified atom stereocenters. The smallest absolute Gasteiger partial charge is 0.336 e. The summed E-state index contributed by atoms with van der Waals surface area (Å²) < 4.78 is 11.0. The normalized spacial score (nSPS) is 10.7. The van der Waals surface area contributed by atoms with Crippen molar-refractivity contribution in [3.05, 3.63) is 69.6 Å². The van der Waals surface area contributed by atoms with Crippen LogP contribution in [0.3, 0.4) is 0 Å². The van der Waals surface area contributed by atoms with Crippen molar-refractivity contribution in [3.8, 4) is 5.75 Å². The van der Waals surface area contributed by atoms with Crippen molar-refractivity contribution in [1.29, 1.82) is 0 Å². The first-order valence-electron chi connectivity index (χ1n) is 8.53. The molecule has 1 heterocycles. The maximum absolute atomic E-state index is 12.1. The Morgan fingerprint density at radius 3 is 2.54 bits per heavy atom. The standard InChI is InChI=1S/C21H21NO4/c1-4-15-11-20(24)26-21-14(3)18(10-9-17(15)21)25-12-19(23)22-16-7-5-13(2)6-8-16/h5-11H,4,12H2,1-3H3,(H,22,23). The zero-order chi connectivity index (χ0) is 18.7. The van der Waals surface area contributed by atoms with Crippen molar-refractivity contribution in [1.82, 2.24) is 0 Å². The Labute approximate surface area is 151 Å². The van der Waals surface area contributed by atoms with Crippen LogP contribution in [0.15, 0.2) is 51.7 Å². The van der Waals surface area contributed by atoms with E-state index in [1.807, 2.05) is 51.1 Å². The molecule has 0 aliphatic carbocycles. The number of carbonyl (C=O) groups excluding carboxylic acids is 1. The number of hydrogen-bond acceptors (Lipinski definition) is 4. The van der Waals surface area contributed by atoms with Crippen LogP contribution < -0.4 is 15.7 Å². The predicted octanol–water partition coefficient (Wildman–Crippen LogP) is 3.99. The monoisotopic (exact) mass is 351 g/mol. The van der Waals surface area contributed by atoms with E-state index in [0.29, 0.717) is 16.9 Å². The third-order valence-corrected chi connectivity index (χ3v) is 4.27. The molecule has 0 spiro atoms. The number of benzene rings is 2.